The number of fused-ring (bicyclic) bond motifs is 1. The van der Waals surface area contributed by atoms with Crippen molar-refractivity contribution in [1.29, 1.82) is 0 Å². The number of amides is 1. The summed E-state index contributed by atoms with van der Waals surface area (Å²) >= 11 is 0. The van der Waals surface area contributed by atoms with E-state index in [-0.39, 0.29) is 42.8 Å². The minimum Gasteiger partial charge on any atom is -0.497 e. The molecule has 0 aliphatic carbocycles. The first kappa shape index (κ1) is 25.6. The zero-order chi connectivity index (χ0) is 26.9. The second-order valence-corrected chi connectivity index (χ2v) is 11.0. The Morgan fingerprint density at radius 3 is 2.16 bits per heavy atom. The Morgan fingerprint density at radius 1 is 0.868 bits per heavy atom. The summed E-state index contributed by atoms with van der Waals surface area (Å²) in [4.78, 5) is 31.8. The zero-order valence-corrected chi connectivity index (χ0v) is 21.9. The van der Waals surface area contributed by atoms with Gasteiger partial charge in [-0.3, -0.25) is 9.59 Å². The first-order valence-corrected chi connectivity index (χ1v) is 13.7. The van der Waals surface area contributed by atoms with Crippen LogP contribution < -0.4 is 4.74 Å². The molecule has 0 unspecified atom stereocenters. The molecule has 0 bridgehead atoms. The molecule has 2 heterocycles. The van der Waals surface area contributed by atoms with Crippen molar-refractivity contribution in [3.63, 3.8) is 0 Å². The third-order valence-corrected chi connectivity index (χ3v) is 8.67. The van der Waals surface area contributed by atoms with Crippen LogP contribution in [-0.4, -0.2) is 67.6 Å². The number of carbonyl (C=O) groups is 2. The molecule has 5 rings (SSSR count). The number of rotatable bonds is 6. The number of para-hydroxylation sites is 1. The molecule has 1 aliphatic rings. The van der Waals surface area contributed by atoms with Crippen LogP contribution >= 0.6 is 0 Å². The second kappa shape index (κ2) is 10.4. The Bertz CT molecular complexity index is 1610. The van der Waals surface area contributed by atoms with E-state index in [1.807, 2.05) is 48.5 Å². The van der Waals surface area contributed by atoms with Gasteiger partial charge in [-0.2, -0.15) is 4.31 Å². The van der Waals surface area contributed by atoms with Crippen molar-refractivity contribution >= 4 is 32.6 Å². The molecule has 38 heavy (non-hydrogen) atoms. The maximum atomic E-state index is 13.7. The van der Waals surface area contributed by atoms with E-state index in [0.717, 1.165) is 16.7 Å². The van der Waals surface area contributed by atoms with Gasteiger partial charge in [0.25, 0.3) is 5.91 Å². The number of piperazine rings is 1. The van der Waals surface area contributed by atoms with E-state index in [4.69, 9.17) is 9.72 Å². The van der Waals surface area contributed by atoms with Crippen LogP contribution in [0.1, 0.15) is 27.6 Å². The molecule has 1 amide bonds. The molecule has 1 saturated heterocycles. The Balaban J connectivity index is 1.38. The number of hydrogen-bond acceptors (Lipinski definition) is 6. The molecular weight excluding hydrogens is 502 g/mol. The highest BCUT2D eigenvalue weighted by Crippen LogP contribution is 2.28. The molecule has 3 aromatic carbocycles. The van der Waals surface area contributed by atoms with E-state index >= 15 is 0 Å². The van der Waals surface area contributed by atoms with E-state index in [1.165, 1.54) is 35.5 Å². The van der Waals surface area contributed by atoms with Crippen LogP contribution in [0.3, 0.4) is 0 Å². The molecule has 0 radical (unpaired) electrons. The van der Waals surface area contributed by atoms with Crippen LogP contribution in [0.25, 0.3) is 22.2 Å². The largest absolute Gasteiger partial charge is 0.497 e. The van der Waals surface area contributed by atoms with Gasteiger partial charge in [0.1, 0.15) is 5.75 Å². The Kier molecular flexibility index (Phi) is 6.96. The molecule has 194 valence electrons. The average molecular weight is 530 g/mol. The summed E-state index contributed by atoms with van der Waals surface area (Å²) in [5.41, 5.74) is 3.22. The summed E-state index contributed by atoms with van der Waals surface area (Å²) in [5, 5.41) is 0.746. The van der Waals surface area contributed by atoms with Gasteiger partial charge < -0.3 is 9.64 Å². The molecule has 0 spiro atoms. The van der Waals surface area contributed by atoms with Crippen LogP contribution in [0.5, 0.6) is 5.75 Å². The van der Waals surface area contributed by atoms with E-state index in [9.17, 15) is 18.0 Å². The van der Waals surface area contributed by atoms with E-state index in [2.05, 4.69) is 0 Å². The molecular formula is C29H27N3O5S. The zero-order valence-electron chi connectivity index (χ0n) is 21.1. The van der Waals surface area contributed by atoms with Crippen LogP contribution in [0.2, 0.25) is 0 Å². The highest BCUT2D eigenvalue weighted by molar-refractivity contribution is 7.89. The van der Waals surface area contributed by atoms with Gasteiger partial charge in [0.05, 0.1) is 28.8 Å². The van der Waals surface area contributed by atoms with Crippen molar-refractivity contribution < 1.29 is 22.7 Å². The van der Waals surface area contributed by atoms with Crippen molar-refractivity contribution in [3.05, 3.63) is 90.0 Å². The molecule has 1 aliphatic heterocycles. The fraction of sp³-hybridized carbons (Fsp3) is 0.207. The van der Waals surface area contributed by atoms with E-state index in [0.29, 0.717) is 22.3 Å². The lowest BCUT2D eigenvalue weighted by molar-refractivity contribution is 0.0699. The quantitative estimate of drug-likeness (QED) is 0.346. The minimum absolute atomic E-state index is 0.125. The molecule has 1 fully saturated rings. The minimum atomic E-state index is -3.74. The summed E-state index contributed by atoms with van der Waals surface area (Å²) in [5.74, 6) is 0.439. The number of ketones is 1. The van der Waals surface area contributed by atoms with Gasteiger partial charge >= 0.3 is 0 Å². The molecule has 1 aromatic heterocycles. The lowest BCUT2D eigenvalue weighted by Gasteiger charge is -2.34. The van der Waals surface area contributed by atoms with Crippen molar-refractivity contribution in [2.24, 2.45) is 0 Å². The molecule has 0 atom stereocenters. The highest BCUT2D eigenvalue weighted by Gasteiger charge is 2.31. The average Bonchev–Trinajstić information content (AvgIpc) is 2.96. The third kappa shape index (κ3) is 4.90. The Hall–Kier alpha value is -4.08. The number of sulfonamides is 1. The lowest BCUT2D eigenvalue weighted by atomic mass is 10.0. The molecule has 4 aromatic rings. The van der Waals surface area contributed by atoms with Crippen molar-refractivity contribution in [3.8, 4) is 17.0 Å². The normalized spacial score (nSPS) is 14.4. The Morgan fingerprint density at radius 2 is 1.53 bits per heavy atom. The van der Waals surface area contributed by atoms with Gasteiger partial charge in [0, 0.05) is 42.7 Å². The van der Waals surface area contributed by atoms with Gasteiger partial charge in [-0.15, -0.1) is 0 Å². The Labute approximate surface area is 221 Å². The predicted octanol–water partition coefficient (Wildman–Crippen LogP) is 4.26. The molecule has 0 saturated carbocycles. The number of hydrogen-bond donors (Lipinski definition) is 0. The van der Waals surface area contributed by atoms with Gasteiger partial charge in [0.15, 0.2) is 5.78 Å². The van der Waals surface area contributed by atoms with Crippen molar-refractivity contribution in [2.75, 3.05) is 33.3 Å². The van der Waals surface area contributed by atoms with E-state index in [1.54, 1.807) is 18.1 Å². The van der Waals surface area contributed by atoms with Crippen LogP contribution in [0, 0.1) is 0 Å². The predicted molar refractivity (Wildman–Crippen MR) is 145 cm³/mol. The van der Waals surface area contributed by atoms with Crippen LogP contribution in [-0.2, 0) is 10.0 Å². The maximum absolute atomic E-state index is 13.7. The topological polar surface area (TPSA) is 96.9 Å². The monoisotopic (exact) mass is 529 g/mol. The maximum Gasteiger partial charge on any atom is 0.254 e. The first-order valence-electron chi connectivity index (χ1n) is 12.2. The number of nitrogens with zero attached hydrogens (tertiary/aromatic N) is 3. The van der Waals surface area contributed by atoms with Gasteiger partial charge in [-0.1, -0.05) is 30.3 Å². The standard InChI is InChI=1S/C29H27N3O5S/c1-20(33)21-9-13-24(14-10-21)38(35,36)32-17-15-31(16-18-32)29(34)26-19-28(22-7-11-23(37-2)12-8-22)30-27-6-4-3-5-25(26)27/h3-14,19H,15-18H2,1-2H3. The van der Waals surface area contributed by atoms with Crippen molar-refractivity contribution in [1.82, 2.24) is 14.2 Å². The number of ether oxygens (including phenoxy) is 1. The van der Waals surface area contributed by atoms with Gasteiger partial charge in [-0.25, -0.2) is 13.4 Å². The van der Waals surface area contributed by atoms with Crippen LogP contribution in [0.15, 0.2) is 83.8 Å². The number of pyridine rings is 1. The summed E-state index contributed by atoms with van der Waals surface area (Å²) in [6, 6.07) is 22.7. The van der Waals surface area contributed by atoms with Crippen molar-refractivity contribution in [2.45, 2.75) is 11.8 Å². The molecule has 9 heteroatoms. The van der Waals surface area contributed by atoms with E-state index < -0.39 is 10.0 Å². The smallest absolute Gasteiger partial charge is 0.254 e. The number of methoxy groups -OCH3 is 1. The van der Waals surface area contributed by atoms with Crippen LogP contribution in [0.4, 0.5) is 0 Å². The summed E-state index contributed by atoms with van der Waals surface area (Å²) < 4.78 is 32.9. The summed E-state index contributed by atoms with van der Waals surface area (Å²) in [7, 11) is -2.13. The second-order valence-electron chi connectivity index (χ2n) is 9.08. The fourth-order valence-corrected chi connectivity index (χ4v) is 6.00. The number of benzene rings is 3. The fourth-order valence-electron chi connectivity index (χ4n) is 4.57. The number of Topliss-reactive ketones (excluding diaryl/α,β-unsaturated/α-hetero) is 1. The summed E-state index contributed by atoms with van der Waals surface area (Å²) in [6.07, 6.45) is 0. The number of aromatic nitrogens is 1. The first-order chi connectivity index (χ1) is 18.3. The third-order valence-electron chi connectivity index (χ3n) is 6.76. The number of carbonyl (C=O) groups excluding carboxylic acids is 2. The lowest BCUT2D eigenvalue weighted by Crippen LogP contribution is -2.50. The highest BCUT2D eigenvalue weighted by atomic mass is 32.2. The van der Waals surface area contributed by atoms with Gasteiger partial charge in [-0.05, 0) is 55.5 Å². The van der Waals surface area contributed by atoms with Gasteiger partial charge in [0.2, 0.25) is 10.0 Å². The molecule has 8 nitrogen and oxygen atoms in total. The SMILES string of the molecule is COc1ccc(-c2cc(C(=O)N3CCN(S(=O)(=O)c4ccc(C(C)=O)cc4)CC3)c3ccccc3n2)cc1. The summed E-state index contributed by atoms with van der Waals surface area (Å²) in [6.45, 7) is 2.32. The molecule has 0 N–H and O–H groups in total.